The summed E-state index contributed by atoms with van der Waals surface area (Å²) in [7, 11) is -1.36. The van der Waals surface area contributed by atoms with Gasteiger partial charge < -0.3 is 9.47 Å². The van der Waals surface area contributed by atoms with Crippen molar-refractivity contribution in [3.63, 3.8) is 0 Å². The van der Waals surface area contributed by atoms with E-state index in [4.69, 9.17) is 9.88 Å². The number of carbonyl (C=O) groups is 1. The van der Waals surface area contributed by atoms with Crippen LogP contribution in [0.3, 0.4) is 0 Å². The van der Waals surface area contributed by atoms with Crippen LogP contribution >= 0.6 is 0 Å². The van der Waals surface area contributed by atoms with Gasteiger partial charge in [-0.1, -0.05) is 0 Å². The van der Waals surface area contributed by atoms with Crippen LogP contribution in [0.15, 0.2) is 23.1 Å². The number of sulfonamides is 1. The minimum Gasteiger partial charge on any atom is -0.495 e. The second-order valence-corrected chi connectivity index (χ2v) is 4.43. The Bertz CT molecular complexity index is 509. The summed E-state index contributed by atoms with van der Waals surface area (Å²) in [6.45, 7) is 0. The van der Waals surface area contributed by atoms with E-state index in [9.17, 15) is 13.2 Å². The van der Waals surface area contributed by atoms with E-state index in [0.717, 1.165) is 0 Å². The highest BCUT2D eigenvalue weighted by Gasteiger charge is 2.17. The highest BCUT2D eigenvalue weighted by Crippen LogP contribution is 2.24. The van der Waals surface area contributed by atoms with Crippen LogP contribution < -0.4 is 9.88 Å². The summed E-state index contributed by atoms with van der Waals surface area (Å²) in [6.07, 6.45) is 0. The fraction of sp³-hybridized carbons (Fsp3) is 0.222. The van der Waals surface area contributed by atoms with Crippen molar-refractivity contribution in [2.24, 2.45) is 5.14 Å². The summed E-state index contributed by atoms with van der Waals surface area (Å²) < 4.78 is 31.6. The standard InChI is InChI=1S/C9H11NO5S/c1-14-7-5-6(9(11)15-2)3-4-8(7)16(10,12)13/h3-5H,1-2H3,(H2,10,12,13). The zero-order valence-corrected chi connectivity index (χ0v) is 9.58. The lowest BCUT2D eigenvalue weighted by molar-refractivity contribution is 0.0600. The molecular weight excluding hydrogens is 234 g/mol. The molecule has 0 radical (unpaired) electrons. The van der Waals surface area contributed by atoms with Gasteiger partial charge in [0.15, 0.2) is 0 Å². The number of rotatable bonds is 3. The molecular formula is C9H11NO5S. The average Bonchev–Trinajstić information content (AvgIpc) is 2.25. The van der Waals surface area contributed by atoms with Crippen molar-refractivity contribution in [2.75, 3.05) is 14.2 Å². The van der Waals surface area contributed by atoms with E-state index in [0.29, 0.717) is 0 Å². The topological polar surface area (TPSA) is 95.7 Å². The minimum atomic E-state index is -3.87. The van der Waals surface area contributed by atoms with Crippen LogP contribution in [-0.2, 0) is 14.8 Å². The first-order chi connectivity index (χ1) is 7.40. The van der Waals surface area contributed by atoms with Gasteiger partial charge in [0, 0.05) is 0 Å². The number of carbonyl (C=O) groups excluding carboxylic acids is 1. The average molecular weight is 245 g/mol. The van der Waals surface area contributed by atoms with Crippen molar-refractivity contribution in [2.45, 2.75) is 4.90 Å². The van der Waals surface area contributed by atoms with Gasteiger partial charge in [-0.15, -0.1) is 0 Å². The van der Waals surface area contributed by atoms with Gasteiger partial charge in [0.05, 0.1) is 19.8 Å². The third-order valence-corrected chi connectivity index (χ3v) is 2.84. The highest BCUT2D eigenvalue weighted by atomic mass is 32.2. The van der Waals surface area contributed by atoms with Crippen molar-refractivity contribution in [3.8, 4) is 5.75 Å². The number of nitrogens with two attached hydrogens (primary N) is 1. The number of hydrogen-bond acceptors (Lipinski definition) is 5. The van der Waals surface area contributed by atoms with Crippen LogP contribution in [0, 0.1) is 0 Å². The summed E-state index contributed by atoms with van der Waals surface area (Å²) in [5.74, 6) is -0.579. The smallest absolute Gasteiger partial charge is 0.337 e. The molecule has 0 unspecified atom stereocenters. The first-order valence-electron chi connectivity index (χ1n) is 4.19. The zero-order valence-electron chi connectivity index (χ0n) is 8.76. The van der Waals surface area contributed by atoms with Gasteiger partial charge in [-0.25, -0.2) is 18.4 Å². The van der Waals surface area contributed by atoms with Crippen LogP contribution in [0.25, 0.3) is 0 Å². The molecule has 0 amide bonds. The summed E-state index contributed by atoms with van der Waals surface area (Å²) >= 11 is 0. The molecule has 0 fully saturated rings. The van der Waals surface area contributed by atoms with Gasteiger partial charge in [-0.2, -0.15) is 0 Å². The molecule has 0 aliphatic carbocycles. The Morgan fingerprint density at radius 2 is 1.94 bits per heavy atom. The van der Waals surface area contributed by atoms with Crippen LogP contribution in [0.1, 0.15) is 10.4 Å². The SMILES string of the molecule is COC(=O)c1ccc(S(N)(=O)=O)c(OC)c1. The Kier molecular flexibility index (Phi) is 3.51. The third kappa shape index (κ3) is 2.50. The largest absolute Gasteiger partial charge is 0.495 e. The Morgan fingerprint density at radius 1 is 1.31 bits per heavy atom. The molecule has 0 saturated carbocycles. The maximum Gasteiger partial charge on any atom is 0.337 e. The van der Waals surface area contributed by atoms with E-state index < -0.39 is 16.0 Å². The van der Waals surface area contributed by atoms with E-state index in [1.165, 1.54) is 32.4 Å². The fourth-order valence-electron chi connectivity index (χ4n) is 1.15. The number of primary sulfonamides is 1. The number of methoxy groups -OCH3 is 2. The lowest BCUT2D eigenvalue weighted by Gasteiger charge is -2.07. The first kappa shape index (κ1) is 12.5. The van der Waals surface area contributed by atoms with Gasteiger partial charge in [0.2, 0.25) is 10.0 Å². The zero-order chi connectivity index (χ0) is 12.3. The molecule has 2 N–H and O–H groups in total. The predicted octanol–water partition coefficient (Wildman–Crippen LogP) is 0.129. The molecule has 0 bridgehead atoms. The molecule has 6 nitrogen and oxygen atoms in total. The molecule has 1 rings (SSSR count). The molecule has 0 aliphatic rings. The second-order valence-electron chi connectivity index (χ2n) is 2.90. The Labute approximate surface area is 93.0 Å². The Morgan fingerprint density at radius 3 is 2.38 bits per heavy atom. The summed E-state index contributed by atoms with van der Waals surface area (Å²) in [4.78, 5) is 11.0. The van der Waals surface area contributed by atoms with Crippen LogP contribution in [0.2, 0.25) is 0 Å². The van der Waals surface area contributed by atoms with E-state index in [1.807, 2.05) is 0 Å². The van der Waals surface area contributed by atoms with Crippen molar-refractivity contribution in [3.05, 3.63) is 23.8 Å². The molecule has 0 saturated heterocycles. The maximum atomic E-state index is 11.2. The van der Waals surface area contributed by atoms with Crippen LogP contribution in [0.4, 0.5) is 0 Å². The molecule has 0 heterocycles. The number of hydrogen-bond donors (Lipinski definition) is 1. The summed E-state index contributed by atoms with van der Waals surface area (Å²) in [5, 5.41) is 4.97. The Hall–Kier alpha value is -1.60. The lowest BCUT2D eigenvalue weighted by atomic mass is 10.2. The van der Waals surface area contributed by atoms with Crippen molar-refractivity contribution >= 4 is 16.0 Å². The van der Waals surface area contributed by atoms with Crippen molar-refractivity contribution in [1.82, 2.24) is 0 Å². The Balaban J connectivity index is 3.33. The monoisotopic (exact) mass is 245 g/mol. The van der Waals surface area contributed by atoms with E-state index in [2.05, 4.69) is 4.74 Å². The molecule has 0 spiro atoms. The molecule has 1 aromatic carbocycles. The molecule has 7 heteroatoms. The fourth-order valence-corrected chi connectivity index (χ4v) is 1.83. The number of benzene rings is 1. The molecule has 16 heavy (non-hydrogen) atoms. The molecule has 0 aliphatic heterocycles. The van der Waals surface area contributed by atoms with Gasteiger partial charge in [0.1, 0.15) is 10.6 Å². The number of ether oxygens (including phenoxy) is 2. The number of esters is 1. The second kappa shape index (κ2) is 4.50. The highest BCUT2D eigenvalue weighted by molar-refractivity contribution is 7.89. The van der Waals surface area contributed by atoms with Crippen molar-refractivity contribution < 1.29 is 22.7 Å². The summed E-state index contributed by atoms with van der Waals surface area (Å²) in [6, 6.07) is 3.75. The molecule has 0 aromatic heterocycles. The van der Waals surface area contributed by atoms with Crippen LogP contribution in [-0.4, -0.2) is 28.6 Å². The normalized spacial score (nSPS) is 10.9. The van der Waals surface area contributed by atoms with Crippen molar-refractivity contribution in [1.29, 1.82) is 0 Å². The quantitative estimate of drug-likeness (QED) is 0.763. The first-order valence-corrected chi connectivity index (χ1v) is 5.74. The van der Waals surface area contributed by atoms with Gasteiger partial charge in [-0.05, 0) is 18.2 Å². The van der Waals surface area contributed by atoms with E-state index in [-0.39, 0.29) is 16.2 Å². The third-order valence-electron chi connectivity index (χ3n) is 1.89. The summed E-state index contributed by atoms with van der Waals surface area (Å²) in [5.41, 5.74) is 0.187. The molecule has 88 valence electrons. The van der Waals surface area contributed by atoms with E-state index >= 15 is 0 Å². The molecule has 0 atom stereocenters. The van der Waals surface area contributed by atoms with Crippen LogP contribution in [0.5, 0.6) is 5.75 Å². The minimum absolute atomic E-state index is 0.00500. The molecule has 1 aromatic rings. The predicted molar refractivity (Wildman–Crippen MR) is 55.7 cm³/mol. The van der Waals surface area contributed by atoms with Gasteiger partial charge >= 0.3 is 5.97 Å². The lowest BCUT2D eigenvalue weighted by Crippen LogP contribution is -2.14. The maximum absolute atomic E-state index is 11.2. The van der Waals surface area contributed by atoms with Gasteiger partial charge in [0.25, 0.3) is 0 Å². The van der Waals surface area contributed by atoms with E-state index in [1.54, 1.807) is 0 Å². The van der Waals surface area contributed by atoms with Gasteiger partial charge in [-0.3, -0.25) is 0 Å².